The summed E-state index contributed by atoms with van der Waals surface area (Å²) in [4.78, 5) is 46.0. The Labute approximate surface area is 95.5 Å². The molecular weight excluding hydrogens is 278 g/mol. The summed E-state index contributed by atoms with van der Waals surface area (Å²) < 4.78 is 22.5. The molecule has 10 nitrogen and oxygen atoms in total. The van der Waals surface area contributed by atoms with Crippen LogP contribution in [-0.4, -0.2) is 42.1 Å². The van der Waals surface area contributed by atoms with Gasteiger partial charge in [-0.1, -0.05) is 0 Å². The van der Waals surface area contributed by atoms with E-state index in [0.717, 1.165) is 0 Å². The largest absolute Gasteiger partial charge is 0.358 e. The van der Waals surface area contributed by atoms with Crippen LogP contribution in [0, 0.1) is 10.1 Å². The maximum absolute atomic E-state index is 11.2. The van der Waals surface area contributed by atoms with Crippen LogP contribution in [0.25, 0.3) is 0 Å². The molecule has 1 heterocycles. The zero-order valence-electron chi connectivity index (χ0n) is 8.46. The Balaban J connectivity index is 3.22. The summed E-state index contributed by atoms with van der Waals surface area (Å²) in [5.74, 6) is 0. The molecule has 0 amide bonds. The van der Waals surface area contributed by atoms with Crippen LogP contribution in [-0.2, 0) is 9.13 Å². The fourth-order valence-corrected chi connectivity index (χ4v) is 4.63. The smallest absolute Gasteiger partial charge is 0.323 e. The average Bonchev–Trinajstić information content (AvgIpc) is 2.14. The Kier molecular flexibility index (Phi) is 3.81. The molecule has 0 saturated carbocycles. The van der Waals surface area contributed by atoms with Crippen LogP contribution in [0.2, 0.25) is 0 Å². The van der Waals surface area contributed by atoms with Gasteiger partial charge >= 0.3 is 15.2 Å². The van der Waals surface area contributed by atoms with E-state index in [0.29, 0.717) is 0 Å². The van der Waals surface area contributed by atoms with E-state index >= 15 is 0 Å². The van der Waals surface area contributed by atoms with Crippen LogP contribution in [0.4, 0.5) is 0 Å². The number of nitrogens with zero attached hydrogens (tertiary/aromatic N) is 1. The molecule has 12 heteroatoms. The molecule has 0 radical (unpaired) electrons. The van der Waals surface area contributed by atoms with E-state index in [9.17, 15) is 19.2 Å². The van der Waals surface area contributed by atoms with Crippen LogP contribution < -0.4 is 5.32 Å². The lowest BCUT2D eigenvalue weighted by Crippen LogP contribution is -2.53. The van der Waals surface area contributed by atoms with Gasteiger partial charge in [-0.15, -0.1) is 0 Å². The first-order valence-corrected chi connectivity index (χ1v) is 7.73. The first-order chi connectivity index (χ1) is 7.51. The highest BCUT2D eigenvalue weighted by atomic mass is 31.2. The molecule has 1 atom stereocenters. The van der Waals surface area contributed by atoms with Gasteiger partial charge in [0.15, 0.2) is 0 Å². The van der Waals surface area contributed by atoms with Gasteiger partial charge in [0.1, 0.15) is 0 Å². The number of nitro groups is 1. The van der Waals surface area contributed by atoms with Crippen LogP contribution in [0.15, 0.2) is 0 Å². The summed E-state index contributed by atoms with van der Waals surface area (Å²) in [6.07, 6.45) is -0.955. The van der Waals surface area contributed by atoms with Crippen LogP contribution in [0.5, 0.6) is 0 Å². The summed E-state index contributed by atoms with van der Waals surface area (Å²) in [6, 6.07) is -1.39. The highest BCUT2D eigenvalue weighted by Crippen LogP contribution is 2.70. The van der Waals surface area contributed by atoms with Crippen molar-refractivity contribution in [3.63, 3.8) is 0 Å². The van der Waals surface area contributed by atoms with Crippen molar-refractivity contribution >= 4 is 15.2 Å². The van der Waals surface area contributed by atoms with Gasteiger partial charge in [0.2, 0.25) is 11.1 Å². The second kappa shape index (κ2) is 4.40. The third kappa shape index (κ3) is 2.58. The molecular formula is C5H12N2O8P2. The fraction of sp³-hybridized carbons (Fsp3) is 1.00. The van der Waals surface area contributed by atoms with Crippen molar-refractivity contribution in [3.8, 4) is 0 Å². The molecule has 5 N–H and O–H groups in total. The molecule has 1 saturated heterocycles. The van der Waals surface area contributed by atoms with E-state index in [2.05, 4.69) is 5.32 Å². The Hall–Kier alpha value is -0.340. The van der Waals surface area contributed by atoms with Gasteiger partial charge in [-0.2, -0.15) is 0 Å². The van der Waals surface area contributed by atoms with Crippen molar-refractivity contribution in [3.05, 3.63) is 10.1 Å². The van der Waals surface area contributed by atoms with Crippen LogP contribution in [0.3, 0.4) is 0 Å². The Morgan fingerprint density at radius 1 is 1.24 bits per heavy atom. The minimum absolute atomic E-state index is 0.0469. The van der Waals surface area contributed by atoms with Gasteiger partial charge < -0.3 is 19.6 Å². The van der Waals surface area contributed by atoms with Crippen LogP contribution in [0.1, 0.15) is 12.8 Å². The molecule has 1 fully saturated rings. The van der Waals surface area contributed by atoms with Crippen molar-refractivity contribution in [1.82, 2.24) is 5.32 Å². The highest BCUT2D eigenvalue weighted by Gasteiger charge is 2.64. The maximum Gasteiger partial charge on any atom is 0.358 e. The highest BCUT2D eigenvalue weighted by molar-refractivity contribution is 7.72. The predicted molar refractivity (Wildman–Crippen MR) is 54.8 cm³/mol. The van der Waals surface area contributed by atoms with E-state index in [4.69, 9.17) is 19.6 Å². The predicted octanol–water partition coefficient (Wildman–Crippen LogP) is -0.976. The average molecular weight is 290 g/mol. The summed E-state index contributed by atoms with van der Waals surface area (Å²) in [7, 11) is -10.5. The molecule has 1 rings (SSSR count). The van der Waals surface area contributed by atoms with Gasteiger partial charge in [-0.25, -0.2) is 0 Å². The SMILES string of the molecule is O=[N+]([O-])C1CCNC(P(=O)(O)O)(P(=O)(O)O)C1. The van der Waals surface area contributed by atoms with E-state index in [1.54, 1.807) is 0 Å². The number of rotatable bonds is 3. The number of hydrogen-bond acceptors (Lipinski definition) is 5. The Morgan fingerprint density at radius 3 is 2.06 bits per heavy atom. The molecule has 0 aromatic heterocycles. The van der Waals surface area contributed by atoms with Crippen molar-refractivity contribution in [1.29, 1.82) is 0 Å². The van der Waals surface area contributed by atoms with Crippen molar-refractivity contribution < 1.29 is 33.6 Å². The van der Waals surface area contributed by atoms with Gasteiger partial charge in [-0.3, -0.25) is 24.6 Å². The lowest BCUT2D eigenvalue weighted by atomic mass is 10.1. The van der Waals surface area contributed by atoms with Crippen molar-refractivity contribution in [2.24, 2.45) is 0 Å². The molecule has 0 aliphatic carbocycles. The topological polar surface area (TPSA) is 170 Å². The third-order valence-electron chi connectivity index (χ3n) is 2.67. The molecule has 17 heavy (non-hydrogen) atoms. The quantitative estimate of drug-likeness (QED) is 0.249. The number of nitrogens with one attached hydrogen (secondary N) is 1. The molecule has 0 spiro atoms. The Bertz CT molecular complexity index is 390. The van der Waals surface area contributed by atoms with Gasteiger partial charge in [-0.05, 0) is 0 Å². The number of piperidine rings is 1. The minimum Gasteiger partial charge on any atom is -0.323 e. The minimum atomic E-state index is -5.25. The summed E-state index contributed by atoms with van der Waals surface area (Å²) in [5, 5.41) is 9.78. The zero-order valence-corrected chi connectivity index (χ0v) is 10.3. The molecule has 0 bridgehead atoms. The van der Waals surface area contributed by atoms with Gasteiger partial charge in [0.25, 0.3) is 0 Å². The lowest BCUT2D eigenvalue weighted by Gasteiger charge is -2.38. The first-order valence-electron chi connectivity index (χ1n) is 4.51. The first kappa shape index (κ1) is 14.7. The van der Waals surface area contributed by atoms with E-state index in [-0.39, 0.29) is 13.0 Å². The molecule has 100 valence electrons. The van der Waals surface area contributed by atoms with Gasteiger partial charge in [0.05, 0.1) is 6.42 Å². The van der Waals surface area contributed by atoms with Crippen molar-refractivity contribution in [2.75, 3.05) is 6.54 Å². The summed E-state index contributed by atoms with van der Waals surface area (Å²) >= 11 is 0. The number of hydrogen-bond donors (Lipinski definition) is 5. The van der Waals surface area contributed by atoms with E-state index in [1.165, 1.54) is 0 Å². The normalized spacial score (nSPS) is 25.5. The molecule has 1 unspecified atom stereocenters. The standard InChI is InChI=1S/C5H12N2O8P2/c8-7(9)4-1-2-6-5(3-4,16(10,11)12)17(13,14)15/h4,6H,1-3H2,(H2,10,11,12)(H2,13,14,15). The monoisotopic (exact) mass is 290 g/mol. The van der Waals surface area contributed by atoms with E-state index < -0.39 is 37.6 Å². The zero-order chi connectivity index (χ0) is 13.5. The summed E-state index contributed by atoms with van der Waals surface area (Å²) in [5.41, 5.74) is 0. The maximum atomic E-state index is 11.2. The molecule has 1 aliphatic heterocycles. The summed E-state index contributed by atoms with van der Waals surface area (Å²) in [6.45, 7) is -0.248. The Morgan fingerprint density at radius 2 is 1.71 bits per heavy atom. The third-order valence-corrected chi connectivity index (χ3v) is 6.84. The van der Waals surface area contributed by atoms with E-state index in [1.807, 2.05) is 0 Å². The molecule has 1 aliphatic rings. The second-order valence-corrected chi connectivity index (χ2v) is 7.82. The lowest BCUT2D eigenvalue weighted by molar-refractivity contribution is -0.526. The molecule has 0 aromatic rings. The second-order valence-electron chi connectivity index (χ2n) is 3.76. The molecule has 0 aromatic carbocycles. The van der Waals surface area contributed by atoms with Gasteiger partial charge in [0, 0.05) is 17.9 Å². The fourth-order valence-electron chi connectivity index (χ4n) is 1.74. The van der Waals surface area contributed by atoms with Crippen molar-refractivity contribution in [2.45, 2.75) is 23.9 Å². The van der Waals surface area contributed by atoms with Crippen LogP contribution >= 0.6 is 15.2 Å².